The lowest BCUT2D eigenvalue weighted by Crippen LogP contribution is -2.37. The van der Waals surface area contributed by atoms with Crippen molar-refractivity contribution in [1.82, 2.24) is 15.8 Å². The molecule has 0 aliphatic rings. The summed E-state index contributed by atoms with van der Waals surface area (Å²) < 4.78 is 4.97. The van der Waals surface area contributed by atoms with E-state index in [9.17, 15) is 4.79 Å². The zero-order valence-electron chi connectivity index (χ0n) is 10.6. The molecule has 0 radical (unpaired) electrons. The van der Waals surface area contributed by atoms with Crippen molar-refractivity contribution in [3.63, 3.8) is 0 Å². The first-order chi connectivity index (χ1) is 7.54. The molecule has 1 amide bonds. The van der Waals surface area contributed by atoms with Crippen LogP contribution in [0.4, 0.5) is 0 Å². The highest BCUT2D eigenvalue weighted by atomic mass is 35.5. The molecule has 0 saturated carbocycles. The molecule has 0 spiro atoms. The maximum absolute atomic E-state index is 11.6. The lowest BCUT2D eigenvalue weighted by Gasteiger charge is -2.09. The van der Waals surface area contributed by atoms with E-state index in [1.807, 2.05) is 27.8 Å². The highest BCUT2D eigenvalue weighted by Crippen LogP contribution is 2.13. The van der Waals surface area contributed by atoms with E-state index in [-0.39, 0.29) is 36.0 Å². The molecule has 6 heteroatoms. The largest absolute Gasteiger partial charge is 0.351 e. The lowest BCUT2D eigenvalue weighted by molar-refractivity contribution is 0.0913. The molecule has 0 saturated heterocycles. The molecule has 2 N–H and O–H groups in total. The summed E-state index contributed by atoms with van der Waals surface area (Å²) in [5, 5.41) is 9.63. The van der Waals surface area contributed by atoms with E-state index < -0.39 is 0 Å². The van der Waals surface area contributed by atoms with Gasteiger partial charge in [0.1, 0.15) is 0 Å². The number of nitrogens with zero attached hydrogens (tertiary/aromatic N) is 1. The molecule has 1 aromatic rings. The van der Waals surface area contributed by atoms with E-state index >= 15 is 0 Å². The second kappa shape index (κ2) is 7.29. The summed E-state index contributed by atoms with van der Waals surface area (Å²) in [6.45, 7) is 6.55. The van der Waals surface area contributed by atoms with Crippen LogP contribution in [-0.2, 0) is 0 Å². The van der Waals surface area contributed by atoms with Gasteiger partial charge >= 0.3 is 0 Å². The first-order valence-electron chi connectivity index (χ1n) is 5.46. The van der Waals surface area contributed by atoms with Gasteiger partial charge in [-0.25, -0.2) is 0 Å². The second-order valence-electron chi connectivity index (χ2n) is 4.17. The zero-order chi connectivity index (χ0) is 12.1. The highest BCUT2D eigenvalue weighted by molar-refractivity contribution is 5.91. The van der Waals surface area contributed by atoms with Crippen LogP contribution in [-0.4, -0.2) is 30.7 Å². The number of rotatable bonds is 5. The molecule has 1 aromatic heterocycles. The number of amides is 1. The van der Waals surface area contributed by atoms with Crippen molar-refractivity contribution < 1.29 is 9.32 Å². The molecular formula is C11H20ClN3O2. The van der Waals surface area contributed by atoms with Gasteiger partial charge in [0.15, 0.2) is 0 Å². The summed E-state index contributed by atoms with van der Waals surface area (Å²) in [5.74, 6) is 0.315. The Kier molecular flexibility index (Phi) is 6.83. The van der Waals surface area contributed by atoms with Crippen molar-refractivity contribution in [3.05, 3.63) is 17.5 Å². The lowest BCUT2D eigenvalue weighted by atomic mass is 10.1. The Bertz CT molecular complexity index is 352. The van der Waals surface area contributed by atoms with E-state index in [2.05, 4.69) is 15.8 Å². The van der Waals surface area contributed by atoms with Crippen molar-refractivity contribution in [1.29, 1.82) is 0 Å². The fourth-order valence-corrected chi connectivity index (χ4v) is 1.10. The Morgan fingerprint density at radius 2 is 2.12 bits per heavy atom. The third kappa shape index (κ3) is 4.75. The summed E-state index contributed by atoms with van der Waals surface area (Å²) >= 11 is 0. The van der Waals surface area contributed by atoms with Gasteiger partial charge in [-0.1, -0.05) is 19.0 Å². The van der Waals surface area contributed by atoms with Crippen LogP contribution >= 0.6 is 12.4 Å². The number of halogens is 1. The number of carbonyl (C=O) groups is 1. The number of likely N-dealkylation sites (N-methyl/N-ethyl adjacent to an activating group) is 1. The quantitative estimate of drug-likeness (QED) is 0.844. The smallest absolute Gasteiger partial charge is 0.289 e. The Balaban J connectivity index is 0.00000256. The van der Waals surface area contributed by atoms with Crippen molar-refractivity contribution in [3.8, 4) is 0 Å². The maximum atomic E-state index is 11.6. The normalized spacial score (nSPS) is 12.1. The van der Waals surface area contributed by atoms with Crippen molar-refractivity contribution in [2.45, 2.75) is 32.7 Å². The number of hydrogen-bond donors (Lipinski definition) is 2. The Morgan fingerprint density at radius 3 is 2.59 bits per heavy atom. The first kappa shape index (κ1) is 15.9. The number of nitrogens with one attached hydrogen (secondary N) is 2. The van der Waals surface area contributed by atoms with Gasteiger partial charge in [-0.15, -0.1) is 12.4 Å². The molecule has 1 unspecified atom stereocenters. The minimum Gasteiger partial charge on any atom is -0.351 e. The van der Waals surface area contributed by atoms with E-state index in [1.54, 1.807) is 6.07 Å². The monoisotopic (exact) mass is 261 g/mol. The van der Waals surface area contributed by atoms with Crippen molar-refractivity contribution in [2.75, 3.05) is 13.6 Å². The Labute approximate surface area is 108 Å². The molecule has 0 bridgehead atoms. The van der Waals surface area contributed by atoms with E-state index in [0.717, 1.165) is 5.69 Å². The minimum absolute atomic E-state index is 0. The van der Waals surface area contributed by atoms with Gasteiger partial charge in [-0.3, -0.25) is 4.79 Å². The zero-order valence-corrected chi connectivity index (χ0v) is 11.4. The van der Waals surface area contributed by atoms with Gasteiger partial charge < -0.3 is 15.2 Å². The molecule has 5 nitrogen and oxygen atoms in total. The van der Waals surface area contributed by atoms with Crippen molar-refractivity contribution >= 4 is 18.3 Å². The standard InChI is InChI=1S/C11H19N3O2.ClH/c1-7(2)9-5-10(16-14-9)11(15)13-6-8(3)12-4;/h5,7-8,12H,6H2,1-4H3,(H,13,15);1H. The Morgan fingerprint density at radius 1 is 1.47 bits per heavy atom. The van der Waals surface area contributed by atoms with Gasteiger partial charge in [-0.05, 0) is 19.9 Å². The molecular weight excluding hydrogens is 242 g/mol. The summed E-state index contributed by atoms with van der Waals surface area (Å²) in [5.41, 5.74) is 0.798. The second-order valence-corrected chi connectivity index (χ2v) is 4.17. The molecule has 0 aliphatic heterocycles. The van der Waals surface area contributed by atoms with Gasteiger partial charge in [0.05, 0.1) is 5.69 Å². The van der Waals surface area contributed by atoms with Crippen LogP contribution in [0, 0.1) is 0 Å². The number of hydrogen-bond acceptors (Lipinski definition) is 4. The van der Waals surface area contributed by atoms with Crippen LogP contribution in [0.3, 0.4) is 0 Å². The molecule has 0 aromatic carbocycles. The SMILES string of the molecule is CNC(C)CNC(=O)c1cc(C(C)C)no1.Cl. The third-order valence-corrected chi connectivity index (χ3v) is 2.41. The number of aromatic nitrogens is 1. The van der Waals surface area contributed by atoms with Crippen LogP contribution in [0.5, 0.6) is 0 Å². The molecule has 0 fully saturated rings. The van der Waals surface area contributed by atoms with Gasteiger partial charge in [0.25, 0.3) is 5.91 Å². The minimum atomic E-state index is -0.221. The fourth-order valence-electron chi connectivity index (χ4n) is 1.10. The summed E-state index contributed by atoms with van der Waals surface area (Å²) in [7, 11) is 1.85. The van der Waals surface area contributed by atoms with Crippen LogP contribution in [0.1, 0.15) is 42.9 Å². The molecule has 1 atom stereocenters. The summed E-state index contributed by atoms with van der Waals surface area (Å²) in [4.78, 5) is 11.6. The summed E-state index contributed by atoms with van der Waals surface area (Å²) in [6, 6.07) is 1.92. The van der Waals surface area contributed by atoms with Crippen LogP contribution in [0.25, 0.3) is 0 Å². The predicted molar refractivity (Wildman–Crippen MR) is 68.7 cm³/mol. The average molecular weight is 262 g/mol. The van der Waals surface area contributed by atoms with Crippen LogP contribution in [0.2, 0.25) is 0 Å². The average Bonchev–Trinajstić information content (AvgIpc) is 2.74. The van der Waals surface area contributed by atoms with Crippen molar-refractivity contribution in [2.24, 2.45) is 0 Å². The van der Waals surface area contributed by atoms with Crippen LogP contribution in [0.15, 0.2) is 10.6 Å². The first-order valence-corrected chi connectivity index (χ1v) is 5.46. The van der Waals surface area contributed by atoms with E-state index in [0.29, 0.717) is 6.54 Å². The topological polar surface area (TPSA) is 67.2 Å². The fraction of sp³-hybridized carbons (Fsp3) is 0.636. The number of carbonyl (C=O) groups excluding carboxylic acids is 1. The van der Waals surface area contributed by atoms with Crippen LogP contribution < -0.4 is 10.6 Å². The van der Waals surface area contributed by atoms with Gasteiger partial charge in [-0.2, -0.15) is 0 Å². The molecule has 0 aliphatic carbocycles. The van der Waals surface area contributed by atoms with E-state index in [1.165, 1.54) is 0 Å². The third-order valence-electron chi connectivity index (χ3n) is 2.41. The maximum Gasteiger partial charge on any atom is 0.289 e. The molecule has 98 valence electrons. The molecule has 17 heavy (non-hydrogen) atoms. The predicted octanol–water partition coefficient (Wildman–Crippen LogP) is 1.56. The van der Waals surface area contributed by atoms with Gasteiger partial charge in [0, 0.05) is 18.7 Å². The van der Waals surface area contributed by atoms with Gasteiger partial charge in [0.2, 0.25) is 5.76 Å². The Hall–Kier alpha value is -1.07. The molecule has 1 rings (SSSR count). The van der Waals surface area contributed by atoms with E-state index in [4.69, 9.17) is 4.52 Å². The summed E-state index contributed by atoms with van der Waals surface area (Å²) in [6.07, 6.45) is 0. The molecule has 1 heterocycles. The highest BCUT2D eigenvalue weighted by Gasteiger charge is 2.14.